The second-order valence-electron chi connectivity index (χ2n) is 2.39. The topological polar surface area (TPSA) is 56.0 Å². The van der Waals surface area contributed by atoms with Crippen molar-refractivity contribution in [3.63, 3.8) is 0 Å². The van der Waals surface area contributed by atoms with Crippen LogP contribution in [0.25, 0.3) is 0 Å². The van der Waals surface area contributed by atoms with E-state index >= 15 is 0 Å². The lowest BCUT2D eigenvalue weighted by molar-refractivity contribution is -0.117. The van der Waals surface area contributed by atoms with E-state index in [1.165, 1.54) is 0 Å². The van der Waals surface area contributed by atoms with Crippen LogP contribution in [-0.2, 0) is 11.2 Å². The number of amides is 1. The molecule has 0 saturated carbocycles. The number of hydrogen-bond acceptors (Lipinski definition) is 2. The van der Waals surface area contributed by atoms with Gasteiger partial charge >= 0.3 is 0 Å². The first-order chi connectivity index (χ1) is 5.20. The molecule has 1 rings (SSSR count). The molecule has 1 amide bonds. The largest absolute Gasteiger partial charge is 0.369 e. The second-order valence-corrected chi connectivity index (χ2v) is 2.39. The van der Waals surface area contributed by atoms with Crippen LogP contribution < -0.4 is 5.73 Å². The molecular weight excluding hydrogens is 140 g/mol. The van der Waals surface area contributed by atoms with Gasteiger partial charge < -0.3 is 5.73 Å². The third-order valence-corrected chi connectivity index (χ3v) is 1.48. The van der Waals surface area contributed by atoms with Crippen molar-refractivity contribution in [1.82, 2.24) is 4.98 Å². The minimum absolute atomic E-state index is 0.277. The predicted octanol–water partition coefficient (Wildman–Crippen LogP) is 0.418. The molecule has 0 aromatic carbocycles. The molecule has 58 valence electrons. The van der Waals surface area contributed by atoms with Crippen molar-refractivity contribution in [3.05, 3.63) is 29.6 Å². The second kappa shape index (κ2) is 3.14. The quantitative estimate of drug-likeness (QED) is 0.664. The fourth-order valence-corrected chi connectivity index (χ4v) is 0.892. The summed E-state index contributed by atoms with van der Waals surface area (Å²) < 4.78 is 0. The van der Waals surface area contributed by atoms with Crippen LogP contribution in [0, 0.1) is 6.92 Å². The van der Waals surface area contributed by atoms with Crippen molar-refractivity contribution < 1.29 is 4.79 Å². The van der Waals surface area contributed by atoms with Gasteiger partial charge in [-0.05, 0) is 18.6 Å². The molecule has 1 aromatic heterocycles. The molecular formula is C8H10N2O. The standard InChI is InChI=1S/C8H10N2O/c1-6-7(5-8(9)11)3-2-4-10-6/h2-4H,5H2,1H3,(H2,9,11). The van der Waals surface area contributed by atoms with Gasteiger partial charge in [0.15, 0.2) is 0 Å². The minimum atomic E-state index is -0.318. The SMILES string of the molecule is Cc1ncccc1CC(N)=O. The molecule has 3 heteroatoms. The van der Waals surface area contributed by atoms with Crippen molar-refractivity contribution in [2.24, 2.45) is 5.73 Å². The number of aromatic nitrogens is 1. The molecule has 0 unspecified atom stereocenters. The number of nitrogens with zero attached hydrogens (tertiary/aromatic N) is 1. The Kier molecular flexibility index (Phi) is 2.21. The van der Waals surface area contributed by atoms with Gasteiger partial charge in [0.2, 0.25) is 5.91 Å². The van der Waals surface area contributed by atoms with Gasteiger partial charge in [-0.15, -0.1) is 0 Å². The Hall–Kier alpha value is -1.38. The summed E-state index contributed by atoms with van der Waals surface area (Å²) in [6, 6.07) is 3.65. The fourth-order valence-electron chi connectivity index (χ4n) is 0.892. The highest BCUT2D eigenvalue weighted by Crippen LogP contribution is 2.03. The van der Waals surface area contributed by atoms with E-state index in [1.54, 1.807) is 12.3 Å². The Morgan fingerprint density at radius 2 is 2.45 bits per heavy atom. The lowest BCUT2D eigenvalue weighted by atomic mass is 10.1. The summed E-state index contributed by atoms with van der Waals surface area (Å²) in [5.41, 5.74) is 6.80. The number of nitrogens with two attached hydrogens (primary N) is 1. The molecule has 2 N–H and O–H groups in total. The molecule has 0 aliphatic rings. The Morgan fingerprint density at radius 1 is 1.73 bits per heavy atom. The molecule has 0 aliphatic heterocycles. The molecule has 3 nitrogen and oxygen atoms in total. The van der Waals surface area contributed by atoms with Gasteiger partial charge in [-0.3, -0.25) is 9.78 Å². The molecule has 0 bridgehead atoms. The summed E-state index contributed by atoms with van der Waals surface area (Å²) >= 11 is 0. The maximum Gasteiger partial charge on any atom is 0.221 e. The summed E-state index contributed by atoms with van der Waals surface area (Å²) in [4.78, 5) is 14.5. The smallest absolute Gasteiger partial charge is 0.221 e. The van der Waals surface area contributed by atoms with Gasteiger partial charge in [-0.25, -0.2) is 0 Å². The third kappa shape index (κ3) is 2.04. The van der Waals surface area contributed by atoms with Crippen molar-refractivity contribution in [3.8, 4) is 0 Å². The van der Waals surface area contributed by atoms with E-state index in [4.69, 9.17) is 5.73 Å². The van der Waals surface area contributed by atoms with Gasteiger partial charge in [0, 0.05) is 11.9 Å². The number of carbonyl (C=O) groups excluding carboxylic acids is 1. The lowest BCUT2D eigenvalue weighted by Gasteiger charge is -1.99. The monoisotopic (exact) mass is 150 g/mol. The molecule has 1 aromatic rings. The van der Waals surface area contributed by atoms with Gasteiger partial charge in [0.05, 0.1) is 6.42 Å². The zero-order valence-corrected chi connectivity index (χ0v) is 6.37. The fraction of sp³-hybridized carbons (Fsp3) is 0.250. The highest BCUT2D eigenvalue weighted by atomic mass is 16.1. The van der Waals surface area contributed by atoms with Crippen LogP contribution in [0.1, 0.15) is 11.3 Å². The van der Waals surface area contributed by atoms with E-state index in [0.717, 1.165) is 11.3 Å². The lowest BCUT2D eigenvalue weighted by Crippen LogP contribution is -2.14. The van der Waals surface area contributed by atoms with Crippen molar-refractivity contribution in [1.29, 1.82) is 0 Å². The maximum atomic E-state index is 10.5. The summed E-state index contributed by atoms with van der Waals surface area (Å²) in [6.07, 6.45) is 1.97. The highest BCUT2D eigenvalue weighted by molar-refractivity contribution is 5.76. The first-order valence-corrected chi connectivity index (χ1v) is 3.39. The molecule has 0 aliphatic carbocycles. The predicted molar refractivity (Wildman–Crippen MR) is 41.9 cm³/mol. The number of aryl methyl sites for hydroxylation is 1. The van der Waals surface area contributed by atoms with Crippen molar-refractivity contribution in [2.45, 2.75) is 13.3 Å². The van der Waals surface area contributed by atoms with E-state index in [2.05, 4.69) is 4.98 Å². The van der Waals surface area contributed by atoms with E-state index in [1.807, 2.05) is 13.0 Å². The Morgan fingerprint density at radius 3 is 3.00 bits per heavy atom. The highest BCUT2D eigenvalue weighted by Gasteiger charge is 2.00. The number of rotatable bonds is 2. The normalized spacial score (nSPS) is 9.55. The van der Waals surface area contributed by atoms with Crippen molar-refractivity contribution >= 4 is 5.91 Å². The average molecular weight is 150 g/mol. The molecule has 0 atom stereocenters. The van der Waals surface area contributed by atoms with Gasteiger partial charge in [0.1, 0.15) is 0 Å². The molecule has 0 fully saturated rings. The van der Waals surface area contributed by atoms with Gasteiger partial charge in [-0.2, -0.15) is 0 Å². The summed E-state index contributed by atoms with van der Waals surface area (Å²) in [5, 5.41) is 0. The Balaban J connectivity index is 2.86. The van der Waals surface area contributed by atoms with Gasteiger partial charge in [-0.1, -0.05) is 6.07 Å². The van der Waals surface area contributed by atoms with E-state index in [9.17, 15) is 4.79 Å². The molecule has 0 saturated heterocycles. The first-order valence-electron chi connectivity index (χ1n) is 3.39. The van der Waals surface area contributed by atoms with Crippen LogP contribution in [0.2, 0.25) is 0 Å². The summed E-state index contributed by atoms with van der Waals surface area (Å²) in [6.45, 7) is 1.86. The number of hydrogen-bond donors (Lipinski definition) is 1. The van der Waals surface area contributed by atoms with Crippen LogP contribution in [0.15, 0.2) is 18.3 Å². The molecule has 0 radical (unpaired) electrons. The van der Waals surface area contributed by atoms with Crippen LogP contribution in [0.3, 0.4) is 0 Å². The molecule has 0 spiro atoms. The Bertz CT molecular complexity index is 271. The number of primary amides is 1. The minimum Gasteiger partial charge on any atom is -0.369 e. The summed E-state index contributed by atoms with van der Waals surface area (Å²) in [5.74, 6) is -0.318. The van der Waals surface area contributed by atoms with E-state index < -0.39 is 0 Å². The van der Waals surface area contributed by atoms with Crippen LogP contribution in [0.4, 0.5) is 0 Å². The zero-order chi connectivity index (χ0) is 8.27. The number of pyridine rings is 1. The van der Waals surface area contributed by atoms with Gasteiger partial charge in [0.25, 0.3) is 0 Å². The zero-order valence-electron chi connectivity index (χ0n) is 6.37. The number of carbonyl (C=O) groups is 1. The molecule has 1 heterocycles. The van der Waals surface area contributed by atoms with Crippen molar-refractivity contribution in [2.75, 3.05) is 0 Å². The maximum absolute atomic E-state index is 10.5. The van der Waals surface area contributed by atoms with Crippen LogP contribution >= 0.6 is 0 Å². The third-order valence-electron chi connectivity index (χ3n) is 1.48. The summed E-state index contributed by atoms with van der Waals surface area (Å²) in [7, 11) is 0. The van der Waals surface area contributed by atoms with E-state index in [0.29, 0.717) is 0 Å². The van der Waals surface area contributed by atoms with Crippen LogP contribution in [0.5, 0.6) is 0 Å². The van der Waals surface area contributed by atoms with E-state index in [-0.39, 0.29) is 12.3 Å². The van der Waals surface area contributed by atoms with Crippen LogP contribution in [-0.4, -0.2) is 10.9 Å². The Labute approximate surface area is 65.2 Å². The molecule has 11 heavy (non-hydrogen) atoms. The average Bonchev–Trinajstić information content (AvgIpc) is 1.93. The first kappa shape index (κ1) is 7.72.